The summed E-state index contributed by atoms with van der Waals surface area (Å²) in [5, 5.41) is 0. The highest BCUT2D eigenvalue weighted by Crippen LogP contribution is 2.41. The predicted molar refractivity (Wildman–Crippen MR) is 79.0 cm³/mol. The number of rotatable bonds is 1. The van der Waals surface area contributed by atoms with Gasteiger partial charge in [0.1, 0.15) is 0 Å². The van der Waals surface area contributed by atoms with Crippen LogP contribution in [0.15, 0.2) is 0 Å². The highest BCUT2D eigenvalue weighted by atomic mass is 14.3. The molecule has 2 aliphatic carbocycles. The van der Waals surface area contributed by atoms with Crippen LogP contribution in [0.1, 0.15) is 85.5 Å². The van der Waals surface area contributed by atoms with Crippen molar-refractivity contribution >= 4 is 0 Å². The maximum atomic E-state index is 2.95. The van der Waals surface area contributed by atoms with E-state index in [9.17, 15) is 0 Å². The summed E-state index contributed by atoms with van der Waals surface area (Å²) >= 11 is 0. The second kappa shape index (κ2) is 12.0. The van der Waals surface area contributed by atoms with Crippen molar-refractivity contribution in [2.75, 3.05) is 0 Å². The van der Waals surface area contributed by atoms with E-state index in [1.165, 1.54) is 37.5 Å². The monoisotopic (exact) mass is 236 g/mol. The minimum atomic E-state index is 1.05. The molecule has 0 aliphatic heterocycles. The molecule has 0 aromatic heterocycles. The summed E-state index contributed by atoms with van der Waals surface area (Å²) in [4.78, 5) is 0. The van der Waals surface area contributed by atoms with E-state index in [1.807, 2.05) is 20.8 Å². The molecule has 2 atom stereocenters. The normalized spacial score (nSPS) is 25.2. The molecule has 0 N–H and O–H groups in total. The summed E-state index contributed by atoms with van der Waals surface area (Å²) in [5.41, 5.74) is 0. The summed E-state index contributed by atoms with van der Waals surface area (Å²) < 4.78 is 0. The van der Waals surface area contributed by atoms with Crippen LogP contribution in [-0.2, 0) is 0 Å². The second-order valence-corrected chi connectivity index (χ2v) is 4.91. The van der Waals surface area contributed by atoms with E-state index in [0.29, 0.717) is 0 Å². The number of fused-ring (bicyclic) bond motifs is 1. The molecule has 0 aromatic rings. The minimum Gasteiger partial charge on any atom is -0.107 e. The number of unbranched alkanes of at least 4 members (excludes halogenated alkanes) is 1. The molecule has 17 heavy (non-hydrogen) atoms. The maximum Gasteiger partial charge on any atom is 0.00859 e. The molecule has 100 valence electrons. The van der Waals surface area contributed by atoms with Gasteiger partial charge < -0.3 is 0 Å². The Labute approximate surface area is 110 Å². The lowest BCUT2D eigenvalue weighted by molar-refractivity contribution is 0.277. The zero-order valence-electron chi connectivity index (χ0n) is 12.5. The third kappa shape index (κ3) is 7.48. The lowest BCUT2D eigenvalue weighted by Gasteiger charge is -2.24. The smallest absolute Gasteiger partial charge is 0.00859 e. The van der Waals surface area contributed by atoms with Gasteiger partial charge in [0.25, 0.3) is 0 Å². The maximum absolute atomic E-state index is 2.95. The molecule has 2 aliphatic rings. The van der Waals surface area contributed by atoms with Gasteiger partial charge in [0.2, 0.25) is 0 Å². The highest BCUT2D eigenvalue weighted by Gasteiger charge is 2.28. The first kappa shape index (κ1) is 16.6. The van der Waals surface area contributed by atoms with Crippen molar-refractivity contribution in [3.63, 3.8) is 0 Å². The Balaban J connectivity index is 0.000000283. The van der Waals surface area contributed by atoms with Crippen molar-refractivity contribution < 1.29 is 0 Å². The van der Waals surface area contributed by atoms with Crippen LogP contribution < -0.4 is 0 Å². The van der Waals surface area contributed by atoms with Gasteiger partial charge in [-0.25, -0.2) is 0 Å². The van der Waals surface area contributed by atoms with E-state index in [4.69, 9.17) is 0 Å². The number of hydrogen-bond acceptors (Lipinski definition) is 0. The SMILES string of the molecule is C1CCC2CCCC2C1.CC.CC#CCCC. The fraction of sp³-hybridized carbons (Fsp3) is 0.882. The Morgan fingerprint density at radius 3 is 1.71 bits per heavy atom. The first-order valence-corrected chi connectivity index (χ1v) is 7.78. The zero-order valence-corrected chi connectivity index (χ0v) is 12.5. The largest absolute Gasteiger partial charge is 0.107 e. The van der Waals surface area contributed by atoms with Gasteiger partial charge in [-0.1, -0.05) is 65.7 Å². The van der Waals surface area contributed by atoms with Crippen LogP contribution in [0.25, 0.3) is 0 Å². The quantitative estimate of drug-likeness (QED) is 0.504. The van der Waals surface area contributed by atoms with E-state index in [2.05, 4.69) is 18.8 Å². The lowest BCUT2D eigenvalue weighted by Crippen LogP contribution is -2.12. The predicted octanol–water partition coefficient (Wildman–Crippen LogP) is 5.81. The summed E-state index contributed by atoms with van der Waals surface area (Å²) in [6.45, 7) is 8.00. The minimum absolute atomic E-state index is 1.05. The van der Waals surface area contributed by atoms with Gasteiger partial charge in [0.05, 0.1) is 0 Å². The Kier molecular flexibility index (Phi) is 11.7. The molecule has 0 heteroatoms. The van der Waals surface area contributed by atoms with Crippen LogP contribution >= 0.6 is 0 Å². The van der Waals surface area contributed by atoms with Crippen LogP contribution in [0.5, 0.6) is 0 Å². The molecule has 0 amide bonds. The highest BCUT2D eigenvalue weighted by molar-refractivity contribution is 4.93. The fourth-order valence-corrected chi connectivity index (χ4v) is 2.94. The molecule has 2 fully saturated rings. The molecule has 0 heterocycles. The molecule has 0 saturated heterocycles. The van der Waals surface area contributed by atoms with Gasteiger partial charge >= 0.3 is 0 Å². The third-order valence-corrected chi connectivity index (χ3v) is 3.77. The molecular weight excluding hydrogens is 204 g/mol. The van der Waals surface area contributed by atoms with Gasteiger partial charge in [0.15, 0.2) is 0 Å². The number of hydrogen-bond donors (Lipinski definition) is 0. The fourth-order valence-electron chi connectivity index (χ4n) is 2.94. The van der Waals surface area contributed by atoms with Gasteiger partial charge in [0, 0.05) is 6.42 Å². The third-order valence-electron chi connectivity index (χ3n) is 3.77. The van der Waals surface area contributed by atoms with Crippen molar-refractivity contribution in [3.05, 3.63) is 0 Å². The second-order valence-electron chi connectivity index (χ2n) is 4.91. The standard InChI is InChI=1S/C9H16.C6H10.C2H6/c1-2-5-9-7-3-6-8(9)4-1;1-3-5-6-4-2;1-2/h8-9H,1-7H2;3,5H2,1-2H3;1-2H3. The summed E-state index contributed by atoms with van der Waals surface area (Å²) in [6, 6.07) is 0. The van der Waals surface area contributed by atoms with E-state index < -0.39 is 0 Å². The van der Waals surface area contributed by atoms with Crippen LogP contribution in [-0.4, -0.2) is 0 Å². The Morgan fingerprint density at radius 2 is 1.35 bits per heavy atom. The molecule has 2 saturated carbocycles. The molecule has 2 rings (SSSR count). The first-order valence-electron chi connectivity index (χ1n) is 7.78. The van der Waals surface area contributed by atoms with Crippen molar-refractivity contribution in [3.8, 4) is 11.8 Å². The van der Waals surface area contributed by atoms with Crippen molar-refractivity contribution in [1.82, 2.24) is 0 Å². The molecule has 0 spiro atoms. The van der Waals surface area contributed by atoms with E-state index >= 15 is 0 Å². The summed E-state index contributed by atoms with van der Waals surface area (Å²) in [6.07, 6.45) is 13.1. The van der Waals surface area contributed by atoms with Crippen LogP contribution in [0.3, 0.4) is 0 Å². The first-order chi connectivity index (χ1) is 8.38. The molecule has 0 bridgehead atoms. The van der Waals surface area contributed by atoms with Crippen LogP contribution in [0, 0.1) is 23.7 Å². The molecular formula is C17H32. The molecule has 0 aromatic carbocycles. The Bertz CT molecular complexity index is 194. The Hall–Kier alpha value is -0.440. The lowest BCUT2D eigenvalue weighted by atomic mass is 9.82. The van der Waals surface area contributed by atoms with E-state index in [-0.39, 0.29) is 0 Å². The molecule has 0 radical (unpaired) electrons. The topological polar surface area (TPSA) is 0 Å². The van der Waals surface area contributed by atoms with E-state index in [0.717, 1.165) is 6.42 Å². The van der Waals surface area contributed by atoms with Gasteiger partial charge in [-0.3, -0.25) is 0 Å². The molecule has 2 unspecified atom stereocenters. The zero-order chi connectivity index (χ0) is 12.9. The van der Waals surface area contributed by atoms with Crippen molar-refractivity contribution in [2.45, 2.75) is 85.5 Å². The van der Waals surface area contributed by atoms with Gasteiger partial charge in [-0.2, -0.15) is 0 Å². The van der Waals surface area contributed by atoms with Gasteiger partial charge in [-0.05, 0) is 25.2 Å². The summed E-state index contributed by atoms with van der Waals surface area (Å²) in [7, 11) is 0. The average molecular weight is 236 g/mol. The van der Waals surface area contributed by atoms with Crippen molar-refractivity contribution in [2.24, 2.45) is 11.8 Å². The Morgan fingerprint density at radius 1 is 0.882 bits per heavy atom. The molecule has 0 nitrogen and oxygen atoms in total. The van der Waals surface area contributed by atoms with Crippen molar-refractivity contribution in [1.29, 1.82) is 0 Å². The summed E-state index contributed by atoms with van der Waals surface area (Å²) in [5.74, 6) is 8.10. The van der Waals surface area contributed by atoms with Gasteiger partial charge in [-0.15, -0.1) is 11.8 Å². The van der Waals surface area contributed by atoms with Crippen LogP contribution in [0.4, 0.5) is 0 Å². The van der Waals surface area contributed by atoms with Crippen LogP contribution in [0.2, 0.25) is 0 Å². The van der Waals surface area contributed by atoms with E-state index in [1.54, 1.807) is 25.7 Å². The average Bonchev–Trinajstić information content (AvgIpc) is 2.88.